The van der Waals surface area contributed by atoms with Crippen LogP contribution in [-0.4, -0.2) is 94.4 Å². The monoisotopic (exact) mass is 534 g/mol. The molecule has 4 heterocycles. The smallest absolute Gasteiger partial charge is 0.191 e. The third-order valence-electron chi connectivity index (χ3n) is 6.13. The first-order chi connectivity index (χ1) is 13.7. The van der Waals surface area contributed by atoms with Crippen LogP contribution < -0.4 is 20.3 Å². The van der Waals surface area contributed by atoms with Crippen molar-refractivity contribution in [1.29, 1.82) is 0 Å². The molecular formula is C20H32ClIN6O. The molecule has 5 rings (SSSR count). The van der Waals surface area contributed by atoms with E-state index in [2.05, 4.69) is 30.3 Å². The Morgan fingerprint density at radius 2 is 2.00 bits per heavy atom. The topological polar surface area (TPSA) is 55.4 Å². The molecule has 0 radical (unpaired) electrons. The summed E-state index contributed by atoms with van der Waals surface area (Å²) in [7, 11) is 3.55. The number of guanidine groups is 1. The Morgan fingerprint density at radius 1 is 1.21 bits per heavy atom. The molecule has 0 aromatic heterocycles. The summed E-state index contributed by atoms with van der Waals surface area (Å²) in [5.41, 5.74) is 1.06. The van der Waals surface area contributed by atoms with Crippen LogP contribution in [-0.2, 0) is 0 Å². The third-order valence-corrected chi connectivity index (χ3v) is 6.37. The molecule has 1 aromatic carbocycles. The zero-order valence-electron chi connectivity index (χ0n) is 17.2. The van der Waals surface area contributed by atoms with Gasteiger partial charge in [-0.05, 0) is 24.6 Å². The summed E-state index contributed by atoms with van der Waals surface area (Å²) in [6, 6.07) is 6.71. The van der Waals surface area contributed by atoms with Crippen LogP contribution in [0, 0.1) is 0 Å². The van der Waals surface area contributed by atoms with Crippen LogP contribution in [0.15, 0.2) is 23.2 Å². The van der Waals surface area contributed by atoms with Crippen molar-refractivity contribution in [3.63, 3.8) is 0 Å². The number of fused-ring (bicyclic) bond motifs is 3. The average Bonchev–Trinajstić information content (AvgIpc) is 3.20. The molecule has 4 aliphatic rings. The number of piperazine rings is 3. The Morgan fingerprint density at radius 3 is 2.66 bits per heavy atom. The third kappa shape index (κ3) is 5.39. The minimum atomic E-state index is 0. The number of hydrogen-bond donors (Lipinski definition) is 2. The van der Waals surface area contributed by atoms with E-state index >= 15 is 0 Å². The summed E-state index contributed by atoms with van der Waals surface area (Å²) < 4.78 is 5.51. The maximum atomic E-state index is 6.20. The van der Waals surface area contributed by atoms with Crippen LogP contribution in [0.1, 0.15) is 6.42 Å². The van der Waals surface area contributed by atoms with Crippen LogP contribution in [0.3, 0.4) is 0 Å². The van der Waals surface area contributed by atoms with Crippen LogP contribution >= 0.6 is 35.6 Å². The molecule has 1 aromatic rings. The van der Waals surface area contributed by atoms with Crippen molar-refractivity contribution in [2.24, 2.45) is 4.99 Å². The van der Waals surface area contributed by atoms with Gasteiger partial charge < -0.3 is 20.3 Å². The van der Waals surface area contributed by atoms with Crippen LogP contribution in [0.2, 0.25) is 5.02 Å². The van der Waals surface area contributed by atoms with E-state index in [0.29, 0.717) is 12.1 Å². The first-order valence-corrected chi connectivity index (χ1v) is 10.6. The van der Waals surface area contributed by atoms with Gasteiger partial charge in [0.05, 0.1) is 12.8 Å². The second kappa shape index (κ2) is 10.4. The SMILES string of the molecule is CN=C(NCC1CN2CCN1CC2)NC1CCN(c2cc(Cl)ccc2OC)C1.I. The molecule has 4 fully saturated rings. The Hall–Kier alpha value is -0.970. The fourth-order valence-electron chi connectivity index (χ4n) is 4.53. The molecule has 2 bridgehead atoms. The molecule has 4 aliphatic heterocycles. The van der Waals surface area contributed by atoms with E-state index in [1.807, 2.05) is 25.2 Å². The highest BCUT2D eigenvalue weighted by Crippen LogP contribution is 2.33. The zero-order valence-corrected chi connectivity index (χ0v) is 20.3. The normalized spacial score (nSPS) is 28.8. The standard InChI is InChI=1S/C20H31ClN6O.HI/c1-22-20(23-12-17-14-25-7-9-26(17)10-8-25)24-16-5-6-27(13-16)18-11-15(21)3-4-19(18)28-2;/h3-4,11,16-17H,5-10,12-14H2,1-2H3,(H2,22,23,24);1H. The number of aliphatic imine (C=N–C) groups is 1. The lowest BCUT2D eigenvalue weighted by Crippen LogP contribution is -2.64. The maximum absolute atomic E-state index is 6.20. The highest BCUT2D eigenvalue weighted by molar-refractivity contribution is 14.0. The average molecular weight is 535 g/mol. The summed E-state index contributed by atoms with van der Waals surface area (Å²) in [6.45, 7) is 8.79. The summed E-state index contributed by atoms with van der Waals surface area (Å²) in [5, 5.41) is 7.87. The molecule has 0 aliphatic carbocycles. The lowest BCUT2D eigenvalue weighted by atomic mass is 10.1. The van der Waals surface area contributed by atoms with E-state index in [0.717, 1.165) is 55.0 Å². The molecule has 0 saturated carbocycles. The number of nitrogens with zero attached hydrogens (tertiary/aromatic N) is 4. The van der Waals surface area contributed by atoms with Gasteiger partial charge in [0.1, 0.15) is 5.75 Å². The molecule has 2 N–H and O–H groups in total. The number of halogens is 2. The van der Waals surface area contributed by atoms with Gasteiger partial charge in [0.2, 0.25) is 0 Å². The first kappa shape index (κ1) is 22.7. The predicted molar refractivity (Wildman–Crippen MR) is 130 cm³/mol. The van der Waals surface area contributed by atoms with Crippen LogP contribution in [0.25, 0.3) is 0 Å². The molecule has 0 amide bonds. The van der Waals surface area contributed by atoms with Gasteiger partial charge >= 0.3 is 0 Å². The van der Waals surface area contributed by atoms with Crippen LogP contribution in [0.4, 0.5) is 5.69 Å². The minimum Gasteiger partial charge on any atom is -0.495 e. The largest absolute Gasteiger partial charge is 0.495 e. The lowest BCUT2D eigenvalue weighted by molar-refractivity contribution is 0.0154. The molecule has 29 heavy (non-hydrogen) atoms. The highest BCUT2D eigenvalue weighted by atomic mass is 127. The van der Waals surface area contributed by atoms with Crippen LogP contribution in [0.5, 0.6) is 5.75 Å². The number of anilines is 1. The molecule has 162 valence electrons. The van der Waals surface area contributed by atoms with Crippen molar-refractivity contribution in [1.82, 2.24) is 20.4 Å². The first-order valence-electron chi connectivity index (χ1n) is 10.2. The molecule has 0 spiro atoms. The number of hydrogen-bond acceptors (Lipinski definition) is 5. The Kier molecular flexibility index (Phi) is 8.12. The molecule has 4 saturated heterocycles. The van der Waals surface area contributed by atoms with Gasteiger partial charge in [-0.15, -0.1) is 24.0 Å². The molecule has 9 heteroatoms. The number of nitrogens with one attached hydrogen (secondary N) is 2. The van der Waals surface area contributed by atoms with E-state index in [-0.39, 0.29) is 24.0 Å². The van der Waals surface area contributed by atoms with Gasteiger partial charge in [-0.1, -0.05) is 11.6 Å². The van der Waals surface area contributed by atoms with Crippen molar-refractivity contribution in [3.05, 3.63) is 23.2 Å². The molecule has 2 unspecified atom stereocenters. The van der Waals surface area contributed by atoms with E-state index in [1.165, 1.54) is 26.2 Å². The van der Waals surface area contributed by atoms with Crippen molar-refractivity contribution in [3.8, 4) is 5.75 Å². The van der Waals surface area contributed by atoms with Crippen molar-refractivity contribution in [2.75, 3.05) is 71.4 Å². The van der Waals surface area contributed by atoms with Gasteiger partial charge in [0.25, 0.3) is 0 Å². The fraction of sp³-hybridized carbons (Fsp3) is 0.650. The number of rotatable bonds is 5. The van der Waals surface area contributed by atoms with Gasteiger partial charge in [-0.3, -0.25) is 14.8 Å². The molecule has 7 nitrogen and oxygen atoms in total. The second-order valence-electron chi connectivity index (χ2n) is 7.84. The van der Waals surface area contributed by atoms with Crippen molar-refractivity contribution >= 4 is 47.2 Å². The summed E-state index contributed by atoms with van der Waals surface area (Å²) in [5.74, 6) is 1.76. The Balaban J connectivity index is 0.00000240. The molecular weight excluding hydrogens is 503 g/mol. The number of methoxy groups -OCH3 is 1. The lowest BCUT2D eigenvalue weighted by Gasteiger charge is -2.47. The van der Waals surface area contributed by atoms with Crippen molar-refractivity contribution in [2.45, 2.75) is 18.5 Å². The van der Waals surface area contributed by atoms with Gasteiger partial charge in [-0.25, -0.2) is 0 Å². The Labute approximate surface area is 195 Å². The van der Waals surface area contributed by atoms with E-state index < -0.39 is 0 Å². The van der Waals surface area contributed by atoms with E-state index in [9.17, 15) is 0 Å². The summed E-state index contributed by atoms with van der Waals surface area (Å²) in [4.78, 5) is 11.9. The van der Waals surface area contributed by atoms with Gasteiger partial charge in [0, 0.05) is 76.5 Å². The second-order valence-corrected chi connectivity index (χ2v) is 8.27. The minimum absolute atomic E-state index is 0. The summed E-state index contributed by atoms with van der Waals surface area (Å²) >= 11 is 6.20. The Bertz CT molecular complexity index is 712. The highest BCUT2D eigenvalue weighted by Gasteiger charge is 2.32. The number of benzene rings is 1. The predicted octanol–water partition coefficient (Wildman–Crippen LogP) is 1.71. The number of ether oxygens (including phenoxy) is 1. The van der Waals surface area contributed by atoms with E-state index in [1.54, 1.807) is 7.11 Å². The fourth-order valence-corrected chi connectivity index (χ4v) is 4.69. The van der Waals surface area contributed by atoms with Crippen molar-refractivity contribution < 1.29 is 4.74 Å². The van der Waals surface area contributed by atoms with Gasteiger partial charge in [-0.2, -0.15) is 0 Å². The molecule has 2 atom stereocenters. The zero-order chi connectivity index (χ0) is 19.5. The summed E-state index contributed by atoms with van der Waals surface area (Å²) in [6.07, 6.45) is 1.06. The maximum Gasteiger partial charge on any atom is 0.191 e. The van der Waals surface area contributed by atoms with Gasteiger partial charge in [0.15, 0.2) is 5.96 Å². The quantitative estimate of drug-likeness (QED) is 0.341. The van der Waals surface area contributed by atoms with E-state index in [4.69, 9.17) is 16.3 Å².